The van der Waals surface area contributed by atoms with Crippen LogP contribution >= 0.6 is 0 Å². The van der Waals surface area contributed by atoms with Crippen molar-refractivity contribution >= 4 is 22.5 Å². The zero-order valence-corrected chi connectivity index (χ0v) is 25.7. The minimum atomic E-state index is -0.476. The lowest BCUT2D eigenvalue weighted by molar-refractivity contribution is 0.0938. The average Bonchev–Trinajstić information content (AvgIpc) is 3.50. The first-order valence-corrected chi connectivity index (χ1v) is 14.9. The van der Waals surface area contributed by atoms with Crippen LogP contribution in [0.3, 0.4) is 0 Å². The Bertz CT molecular complexity index is 1810. The molecular weight excluding hydrogens is 560 g/mol. The van der Waals surface area contributed by atoms with Crippen LogP contribution in [0.5, 0.6) is 11.5 Å². The van der Waals surface area contributed by atoms with Crippen LogP contribution in [0.4, 0.5) is 0 Å². The molecule has 0 aliphatic carbocycles. The molecule has 0 bridgehead atoms. The molecule has 3 N–H and O–H groups in total. The fourth-order valence-corrected chi connectivity index (χ4v) is 5.40. The normalized spacial score (nSPS) is 12.0. The number of H-pyrrole nitrogens is 1. The minimum absolute atomic E-state index is 0.290. The predicted octanol–water partition coefficient (Wildman–Crippen LogP) is 7.30. The lowest BCUT2D eigenvalue weighted by atomic mass is 9.88. The molecule has 0 saturated heterocycles. The number of nitrogens with one attached hydrogen (secondary N) is 3. The van der Waals surface area contributed by atoms with E-state index in [0.717, 1.165) is 34.0 Å². The monoisotopic (exact) mass is 598 g/mol. The number of aromatic nitrogens is 2. The summed E-state index contributed by atoms with van der Waals surface area (Å²) in [6.45, 7) is 4.54. The molecule has 2 heterocycles. The number of hydrogen-bond donors (Lipinski definition) is 3. The topological polar surface area (TPSA) is 100 Å². The second kappa shape index (κ2) is 14.8. The van der Waals surface area contributed by atoms with Crippen LogP contribution in [0.15, 0.2) is 127 Å². The van der Waals surface area contributed by atoms with Crippen molar-refractivity contribution in [2.45, 2.75) is 31.7 Å². The Balaban J connectivity index is 1.50. The quantitative estimate of drug-likeness (QED) is 0.0923. The zero-order chi connectivity index (χ0) is 31.6. The van der Waals surface area contributed by atoms with Gasteiger partial charge in [0.1, 0.15) is 17.2 Å². The molecule has 0 fully saturated rings. The minimum Gasteiger partial charge on any atom is -0.497 e. The first-order valence-electron chi connectivity index (χ1n) is 14.9. The number of hydrogen-bond acceptors (Lipinski definition) is 5. The number of ether oxygens (including phenoxy) is 2. The summed E-state index contributed by atoms with van der Waals surface area (Å²) in [6, 6.07) is 28.8. The molecule has 0 spiro atoms. The van der Waals surface area contributed by atoms with Gasteiger partial charge >= 0.3 is 0 Å². The molecule has 5 aromatic rings. The van der Waals surface area contributed by atoms with Gasteiger partial charge in [-0.25, -0.2) is 0 Å². The first-order chi connectivity index (χ1) is 21.9. The Morgan fingerprint density at radius 1 is 0.978 bits per heavy atom. The van der Waals surface area contributed by atoms with Gasteiger partial charge in [0.25, 0.3) is 5.91 Å². The number of nitrogens with zero attached hydrogens (tertiary/aromatic N) is 1. The lowest BCUT2D eigenvalue weighted by Gasteiger charge is -2.24. The van der Waals surface area contributed by atoms with Gasteiger partial charge in [0.2, 0.25) is 0 Å². The number of para-hydroxylation sites is 1. The van der Waals surface area contributed by atoms with Gasteiger partial charge in [-0.1, -0.05) is 67.2 Å². The zero-order valence-electron chi connectivity index (χ0n) is 25.7. The van der Waals surface area contributed by atoms with Crippen molar-refractivity contribution in [1.82, 2.24) is 15.3 Å². The van der Waals surface area contributed by atoms with Gasteiger partial charge in [-0.3, -0.25) is 9.78 Å². The number of aromatic amines is 1. The molecule has 7 nitrogen and oxygen atoms in total. The van der Waals surface area contributed by atoms with Crippen LogP contribution in [-0.2, 0) is 19.3 Å². The van der Waals surface area contributed by atoms with E-state index in [0.29, 0.717) is 47.7 Å². The van der Waals surface area contributed by atoms with E-state index < -0.39 is 6.04 Å². The van der Waals surface area contributed by atoms with E-state index in [1.165, 1.54) is 5.56 Å². The van der Waals surface area contributed by atoms with Gasteiger partial charge in [0, 0.05) is 41.5 Å². The molecule has 3 aromatic carbocycles. The number of rotatable bonds is 14. The number of carbonyl (C=O) groups excluding carboxylic acids is 1. The first kappa shape index (κ1) is 31.0. The molecule has 0 saturated carbocycles. The van der Waals surface area contributed by atoms with Crippen molar-refractivity contribution in [3.8, 4) is 11.5 Å². The number of amides is 1. The standard InChI is InChI=1S/C38H38N4O3/c1-26(36(42-38(43)35-15-9-10-20-40-35)23-30-25-41-34-14-8-7-13-33(30)34)29(21-28-17-19-32(44-2)24-37(28)45-3)22-31(39)18-16-27-11-5-4-6-12-27/h4-15,17,19-20,22,24-25,36,39,41H,1,16,18,21,23H2,2-3H3,(H,42,43)/b29-22+,39-31?/t36-/m1/s1. The average molecular weight is 599 g/mol. The van der Waals surface area contributed by atoms with E-state index in [2.05, 4.69) is 40.1 Å². The number of fused-ring (bicyclic) bond motifs is 1. The molecule has 1 atom stereocenters. The van der Waals surface area contributed by atoms with Crippen molar-refractivity contribution in [2.75, 3.05) is 14.2 Å². The van der Waals surface area contributed by atoms with Crippen molar-refractivity contribution in [2.24, 2.45) is 0 Å². The highest BCUT2D eigenvalue weighted by Gasteiger charge is 2.23. The summed E-state index contributed by atoms with van der Waals surface area (Å²) in [6.07, 6.45) is 7.73. The van der Waals surface area contributed by atoms with E-state index in [9.17, 15) is 4.79 Å². The highest BCUT2D eigenvalue weighted by Crippen LogP contribution is 2.30. The van der Waals surface area contributed by atoms with Crippen molar-refractivity contribution in [3.05, 3.63) is 150 Å². The fourth-order valence-electron chi connectivity index (χ4n) is 5.40. The van der Waals surface area contributed by atoms with E-state index in [1.807, 2.05) is 66.9 Å². The maximum absolute atomic E-state index is 13.5. The maximum Gasteiger partial charge on any atom is 0.270 e. The third kappa shape index (κ3) is 7.95. The number of pyridine rings is 1. The van der Waals surface area contributed by atoms with E-state index in [1.54, 1.807) is 38.6 Å². The molecule has 0 aliphatic rings. The highest BCUT2D eigenvalue weighted by atomic mass is 16.5. The number of carbonyl (C=O) groups is 1. The van der Waals surface area contributed by atoms with Gasteiger partial charge in [-0.05, 0) is 77.4 Å². The predicted molar refractivity (Wildman–Crippen MR) is 180 cm³/mol. The maximum atomic E-state index is 13.5. The summed E-state index contributed by atoms with van der Waals surface area (Å²) in [4.78, 5) is 21.1. The number of methoxy groups -OCH3 is 2. The molecule has 1 amide bonds. The van der Waals surface area contributed by atoms with Crippen LogP contribution in [0.1, 0.15) is 33.6 Å². The molecule has 228 valence electrons. The van der Waals surface area contributed by atoms with Crippen LogP contribution in [0, 0.1) is 5.41 Å². The molecule has 7 heteroatoms. The molecule has 5 rings (SSSR count). The van der Waals surface area contributed by atoms with Crippen LogP contribution in [0.2, 0.25) is 0 Å². The van der Waals surface area contributed by atoms with E-state index >= 15 is 0 Å². The Morgan fingerprint density at radius 2 is 1.76 bits per heavy atom. The number of allylic oxidation sites excluding steroid dienone is 1. The molecular formula is C38H38N4O3. The smallest absolute Gasteiger partial charge is 0.270 e. The third-order valence-electron chi connectivity index (χ3n) is 7.88. The van der Waals surface area contributed by atoms with E-state index in [-0.39, 0.29) is 5.91 Å². The van der Waals surface area contributed by atoms with Crippen molar-refractivity contribution < 1.29 is 14.3 Å². The fraction of sp³-hybridized carbons (Fsp3) is 0.184. The Kier molecular flexibility index (Phi) is 10.2. The summed E-state index contributed by atoms with van der Waals surface area (Å²) in [7, 11) is 3.25. The van der Waals surface area contributed by atoms with Crippen molar-refractivity contribution in [1.29, 1.82) is 5.41 Å². The van der Waals surface area contributed by atoms with E-state index in [4.69, 9.17) is 14.9 Å². The molecule has 0 radical (unpaired) electrons. The van der Waals surface area contributed by atoms with Crippen LogP contribution in [0.25, 0.3) is 10.9 Å². The second-order valence-corrected chi connectivity index (χ2v) is 10.9. The number of benzene rings is 3. The molecule has 0 unspecified atom stereocenters. The summed E-state index contributed by atoms with van der Waals surface area (Å²) in [5, 5.41) is 13.2. The van der Waals surface area contributed by atoms with Gasteiger partial charge in [0.15, 0.2) is 0 Å². The van der Waals surface area contributed by atoms with Crippen LogP contribution in [-0.4, -0.2) is 41.8 Å². The summed E-state index contributed by atoms with van der Waals surface area (Å²) < 4.78 is 11.1. The van der Waals surface area contributed by atoms with Gasteiger partial charge in [0.05, 0.1) is 20.3 Å². The number of aryl methyl sites for hydroxylation is 1. The third-order valence-corrected chi connectivity index (χ3v) is 7.88. The van der Waals surface area contributed by atoms with Crippen molar-refractivity contribution in [3.63, 3.8) is 0 Å². The lowest BCUT2D eigenvalue weighted by Crippen LogP contribution is -2.38. The van der Waals surface area contributed by atoms with Gasteiger partial charge in [-0.2, -0.15) is 0 Å². The van der Waals surface area contributed by atoms with Crippen LogP contribution < -0.4 is 14.8 Å². The summed E-state index contributed by atoms with van der Waals surface area (Å²) in [5.74, 6) is 1.08. The highest BCUT2D eigenvalue weighted by molar-refractivity contribution is 5.95. The molecule has 0 aliphatic heterocycles. The largest absolute Gasteiger partial charge is 0.497 e. The Hall–Kier alpha value is -5.43. The van der Waals surface area contributed by atoms with Gasteiger partial charge in [-0.15, -0.1) is 0 Å². The summed E-state index contributed by atoms with van der Waals surface area (Å²) in [5.41, 5.74) is 6.52. The molecule has 45 heavy (non-hydrogen) atoms. The SMILES string of the molecule is C=C(/C(=C/C(=N)CCc1ccccc1)Cc1ccc(OC)cc1OC)[C@@H](Cc1c[nH]c2ccccc12)NC(=O)c1ccccn1. The second-order valence-electron chi connectivity index (χ2n) is 10.9. The molecule has 2 aromatic heterocycles. The Labute approximate surface area is 264 Å². The summed E-state index contributed by atoms with van der Waals surface area (Å²) >= 11 is 0. The van der Waals surface area contributed by atoms with Gasteiger partial charge < -0.3 is 25.2 Å². The Morgan fingerprint density at radius 3 is 2.51 bits per heavy atom.